The van der Waals surface area contributed by atoms with E-state index in [0.29, 0.717) is 34.0 Å². The minimum absolute atomic E-state index is 0.468. The molecule has 0 unspecified atom stereocenters. The lowest BCUT2D eigenvalue weighted by Crippen LogP contribution is -1.95. The summed E-state index contributed by atoms with van der Waals surface area (Å²) in [5, 5.41) is 5.66. The van der Waals surface area contributed by atoms with Gasteiger partial charge in [0.15, 0.2) is 17.1 Å². The summed E-state index contributed by atoms with van der Waals surface area (Å²) < 4.78 is 17.4. The zero-order valence-corrected chi connectivity index (χ0v) is 26.0. The molecule has 0 bridgehead atoms. The van der Waals surface area contributed by atoms with Gasteiger partial charge in [-0.15, -0.1) is 0 Å². The van der Waals surface area contributed by atoms with Gasteiger partial charge in [-0.1, -0.05) is 66.7 Å². The predicted octanol–water partition coefficient (Wildman–Crippen LogP) is 11.3. The summed E-state index contributed by atoms with van der Waals surface area (Å²) in [5.74, 6) is 1.46. The molecular formula is C39H21Cl2N3O3. The first-order valence-electron chi connectivity index (χ1n) is 14.9. The molecule has 0 atom stereocenters. The first-order chi connectivity index (χ1) is 23.2. The molecule has 3 aromatic heterocycles. The maximum atomic E-state index is 6.25. The summed E-state index contributed by atoms with van der Waals surface area (Å²) in [6, 6.07) is 38.1. The lowest BCUT2D eigenvalue weighted by Gasteiger charge is -2.20. The molecule has 0 aliphatic rings. The molecule has 9 aromatic rings. The van der Waals surface area contributed by atoms with Gasteiger partial charge in [0.1, 0.15) is 40.3 Å². The molecule has 0 fully saturated rings. The first kappa shape index (κ1) is 27.6. The molecule has 0 radical (unpaired) electrons. The molecule has 0 spiro atoms. The lowest BCUT2D eigenvalue weighted by atomic mass is 9.84. The van der Waals surface area contributed by atoms with Crippen molar-refractivity contribution in [1.29, 1.82) is 0 Å². The highest BCUT2D eigenvalue weighted by Crippen LogP contribution is 2.50. The third-order valence-electron chi connectivity index (χ3n) is 8.71. The third kappa shape index (κ3) is 4.30. The molecule has 3 heterocycles. The van der Waals surface area contributed by atoms with E-state index in [4.69, 9.17) is 41.7 Å². The van der Waals surface area contributed by atoms with Crippen LogP contribution in [0.25, 0.3) is 88.2 Å². The number of benzene rings is 6. The number of halogens is 2. The first-order valence-corrected chi connectivity index (χ1v) is 15.5. The number of aromatic nitrogens is 3. The van der Waals surface area contributed by atoms with E-state index in [1.165, 1.54) is 0 Å². The average Bonchev–Trinajstić information content (AvgIpc) is 3.57. The molecular weight excluding hydrogens is 629 g/mol. The van der Waals surface area contributed by atoms with Crippen LogP contribution in [0.15, 0.2) is 132 Å². The van der Waals surface area contributed by atoms with Crippen LogP contribution >= 0.6 is 23.7 Å². The van der Waals surface area contributed by atoms with Crippen LogP contribution in [0.3, 0.4) is 0 Å². The Morgan fingerprint density at radius 2 is 1.11 bits per heavy atom. The van der Waals surface area contributed by atoms with Crippen molar-refractivity contribution in [2.24, 2.45) is 0 Å². The minimum atomic E-state index is 0.468. The van der Waals surface area contributed by atoms with Crippen molar-refractivity contribution in [3.8, 4) is 45.2 Å². The van der Waals surface area contributed by atoms with Crippen LogP contribution in [0.4, 0.5) is 0 Å². The molecule has 0 amide bonds. The van der Waals surface area contributed by atoms with Gasteiger partial charge >= 0.3 is 0 Å². The predicted molar refractivity (Wildman–Crippen MR) is 189 cm³/mol. The second kappa shape index (κ2) is 11.0. The van der Waals surface area contributed by atoms with Crippen molar-refractivity contribution in [2.75, 3.05) is 0 Å². The van der Waals surface area contributed by atoms with E-state index < -0.39 is 0 Å². The maximum absolute atomic E-state index is 6.25. The normalized spacial score (nSPS) is 11.6. The highest BCUT2D eigenvalue weighted by atomic mass is 35.5. The monoisotopic (exact) mass is 649 g/mol. The molecule has 6 nitrogen and oxygen atoms in total. The van der Waals surface area contributed by atoms with Gasteiger partial charge in [0.25, 0.3) is 0 Å². The van der Waals surface area contributed by atoms with Crippen LogP contribution in [0, 0.1) is 0 Å². The zero-order valence-electron chi connectivity index (χ0n) is 24.4. The Kier molecular flexibility index (Phi) is 6.45. The number of hydrogen-bond donors (Lipinski definition) is 0. The van der Waals surface area contributed by atoms with Crippen molar-refractivity contribution in [3.63, 3.8) is 0 Å². The molecule has 47 heavy (non-hydrogen) atoms. The maximum Gasteiger partial charge on any atom is 0.227 e. The number of hydrogen-bond acceptors (Lipinski definition) is 6. The Balaban J connectivity index is 1.45. The van der Waals surface area contributed by atoms with Gasteiger partial charge < -0.3 is 13.0 Å². The van der Waals surface area contributed by atoms with Crippen molar-refractivity contribution in [1.82, 2.24) is 15.0 Å². The average molecular weight is 651 g/mol. The Hall–Kier alpha value is -5.69. The summed E-state index contributed by atoms with van der Waals surface area (Å²) in [6.45, 7) is 0. The molecule has 0 saturated carbocycles. The molecule has 9 rings (SSSR count). The van der Waals surface area contributed by atoms with E-state index in [-0.39, 0.29) is 0 Å². The van der Waals surface area contributed by atoms with Gasteiger partial charge in [-0.25, -0.2) is 4.98 Å². The lowest BCUT2D eigenvalue weighted by molar-refractivity contribution is 0.620. The minimum Gasteiger partial charge on any atom is -0.436 e. The number of rotatable bonds is 5. The van der Waals surface area contributed by atoms with Gasteiger partial charge in [-0.05, 0) is 70.1 Å². The largest absolute Gasteiger partial charge is 0.436 e. The zero-order chi connectivity index (χ0) is 31.5. The molecule has 8 heteroatoms. The smallest absolute Gasteiger partial charge is 0.227 e. The standard InChI is InChI=1S/C39H21Cl2N3O3/c40-46-37-28(17-13-22-7-5-19-42-35(22)37)33-25-9-1-2-10-26(25)34(29-18-14-23-8-6-20-43-36(23)38(29)47-41)30-21-24(15-16-27(30)33)39-44-31-11-3-4-12-32(31)45-39/h1-21H. The Bertz CT molecular complexity index is 2660. The summed E-state index contributed by atoms with van der Waals surface area (Å²) in [5.41, 5.74) is 7.12. The van der Waals surface area contributed by atoms with Gasteiger partial charge in [-0.3, -0.25) is 9.97 Å². The molecule has 0 aliphatic carbocycles. The van der Waals surface area contributed by atoms with Gasteiger partial charge in [0.05, 0.1) is 0 Å². The summed E-state index contributed by atoms with van der Waals surface area (Å²) in [7, 11) is 0. The van der Waals surface area contributed by atoms with Crippen LogP contribution in [0.2, 0.25) is 0 Å². The highest BCUT2D eigenvalue weighted by molar-refractivity contribution is 6.24. The molecule has 0 saturated heterocycles. The second-order valence-electron chi connectivity index (χ2n) is 11.2. The van der Waals surface area contributed by atoms with Crippen LogP contribution < -0.4 is 8.58 Å². The topological polar surface area (TPSA) is 70.3 Å². The fraction of sp³-hybridized carbons (Fsp3) is 0. The van der Waals surface area contributed by atoms with Crippen LogP contribution in [0.1, 0.15) is 0 Å². The fourth-order valence-corrected chi connectivity index (χ4v) is 6.99. The van der Waals surface area contributed by atoms with Crippen molar-refractivity contribution < 1.29 is 13.0 Å². The number of pyridine rings is 2. The number of para-hydroxylation sites is 2. The van der Waals surface area contributed by atoms with Gasteiger partial charge in [0.2, 0.25) is 5.89 Å². The Morgan fingerprint density at radius 3 is 1.72 bits per heavy atom. The third-order valence-corrected chi connectivity index (χ3v) is 9.02. The quantitative estimate of drug-likeness (QED) is 0.173. The van der Waals surface area contributed by atoms with Crippen LogP contribution in [-0.2, 0) is 0 Å². The summed E-state index contributed by atoms with van der Waals surface area (Å²) in [6.07, 6.45) is 3.47. The second-order valence-corrected chi connectivity index (χ2v) is 11.5. The van der Waals surface area contributed by atoms with E-state index in [1.807, 2.05) is 91.0 Å². The van der Waals surface area contributed by atoms with E-state index in [9.17, 15) is 0 Å². The van der Waals surface area contributed by atoms with Crippen molar-refractivity contribution >= 4 is 78.2 Å². The highest BCUT2D eigenvalue weighted by Gasteiger charge is 2.24. The Labute approximate surface area is 278 Å². The van der Waals surface area contributed by atoms with Crippen LogP contribution in [-0.4, -0.2) is 15.0 Å². The summed E-state index contributed by atoms with van der Waals surface area (Å²) >= 11 is 12.5. The molecule has 0 aliphatic heterocycles. The number of oxazole rings is 1. The Morgan fingerprint density at radius 1 is 0.532 bits per heavy atom. The molecule has 0 N–H and O–H groups in total. The van der Waals surface area contributed by atoms with Crippen molar-refractivity contribution in [3.05, 3.63) is 128 Å². The van der Waals surface area contributed by atoms with Crippen LogP contribution in [0.5, 0.6) is 11.5 Å². The molecule has 6 aromatic carbocycles. The fourth-order valence-electron chi connectivity index (χ4n) is 6.67. The van der Waals surface area contributed by atoms with Gasteiger partial charge in [0, 0.05) is 51.0 Å². The van der Waals surface area contributed by atoms with Gasteiger partial charge in [-0.2, -0.15) is 0 Å². The van der Waals surface area contributed by atoms with E-state index in [2.05, 4.69) is 34.2 Å². The number of nitrogens with zero attached hydrogens (tertiary/aromatic N) is 3. The molecule has 224 valence electrons. The van der Waals surface area contributed by atoms with E-state index in [1.54, 1.807) is 12.4 Å². The van der Waals surface area contributed by atoms with E-state index in [0.717, 1.165) is 65.7 Å². The SMILES string of the molecule is ClOc1c(-c2c3ccccc3c(-c3ccc4cccnc4c3OCl)c3cc(-c4nc5ccccc5o4)ccc23)ccc2cccnc12. The number of fused-ring (bicyclic) bond motifs is 5. The summed E-state index contributed by atoms with van der Waals surface area (Å²) in [4.78, 5) is 14.1. The van der Waals surface area contributed by atoms with Crippen molar-refractivity contribution in [2.45, 2.75) is 0 Å². The van der Waals surface area contributed by atoms with E-state index >= 15 is 0 Å².